The van der Waals surface area contributed by atoms with Gasteiger partial charge in [-0.25, -0.2) is 0 Å². The summed E-state index contributed by atoms with van der Waals surface area (Å²) in [7, 11) is 1.68. The number of methoxy groups -OCH3 is 1. The van der Waals surface area contributed by atoms with Crippen molar-refractivity contribution in [2.24, 2.45) is 0 Å². The van der Waals surface area contributed by atoms with Gasteiger partial charge in [-0.3, -0.25) is 0 Å². The Bertz CT molecular complexity index is 284. The zero-order chi connectivity index (χ0) is 10.4. The highest BCUT2D eigenvalue weighted by atomic mass is 16.5. The second-order valence-electron chi connectivity index (χ2n) is 3.22. The molecule has 0 aliphatic heterocycles. The first kappa shape index (κ1) is 11.0. The quantitative estimate of drug-likeness (QED) is 0.701. The Labute approximate surface area is 84.0 Å². The highest BCUT2D eigenvalue weighted by Gasteiger charge is 2.01. The van der Waals surface area contributed by atoms with Crippen molar-refractivity contribution in [2.45, 2.75) is 19.4 Å². The average Bonchev–Trinajstić information content (AvgIpc) is 2.21. The van der Waals surface area contributed by atoms with E-state index in [4.69, 9.17) is 9.84 Å². The number of aliphatic hydroxyl groups is 1. The first-order chi connectivity index (χ1) is 6.77. The molecule has 0 aliphatic carbocycles. The standard InChI is InChI=1S/C11H16O3/c1-14-6-2-3-9-4-5-11(13)10(7-9)8-12/h4-5,7,12-13H,2-3,6,8H2,1H3. The lowest BCUT2D eigenvalue weighted by molar-refractivity contribution is 0.195. The molecule has 78 valence electrons. The molecule has 1 aromatic carbocycles. The van der Waals surface area contributed by atoms with Crippen LogP contribution in [0.4, 0.5) is 0 Å². The second-order valence-corrected chi connectivity index (χ2v) is 3.22. The van der Waals surface area contributed by atoms with E-state index >= 15 is 0 Å². The fourth-order valence-electron chi connectivity index (χ4n) is 1.34. The van der Waals surface area contributed by atoms with Gasteiger partial charge in [-0.05, 0) is 30.5 Å². The molecule has 1 rings (SSSR count). The zero-order valence-corrected chi connectivity index (χ0v) is 8.36. The Morgan fingerprint density at radius 1 is 1.36 bits per heavy atom. The summed E-state index contributed by atoms with van der Waals surface area (Å²) in [6.45, 7) is 0.610. The van der Waals surface area contributed by atoms with Crippen molar-refractivity contribution in [3.05, 3.63) is 29.3 Å². The maximum atomic E-state index is 9.32. The molecular weight excluding hydrogens is 180 g/mol. The van der Waals surface area contributed by atoms with Crippen LogP contribution >= 0.6 is 0 Å². The Kier molecular flexibility index (Phi) is 4.43. The monoisotopic (exact) mass is 196 g/mol. The van der Waals surface area contributed by atoms with Gasteiger partial charge < -0.3 is 14.9 Å². The van der Waals surface area contributed by atoms with E-state index in [1.807, 2.05) is 12.1 Å². The van der Waals surface area contributed by atoms with Gasteiger partial charge in [-0.15, -0.1) is 0 Å². The third-order valence-electron chi connectivity index (χ3n) is 2.13. The van der Waals surface area contributed by atoms with E-state index in [9.17, 15) is 5.11 Å². The molecule has 0 unspecified atom stereocenters. The summed E-state index contributed by atoms with van der Waals surface area (Å²) in [5.74, 6) is 0.156. The van der Waals surface area contributed by atoms with Gasteiger partial charge in [0.25, 0.3) is 0 Å². The summed E-state index contributed by atoms with van der Waals surface area (Å²) in [4.78, 5) is 0. The highest BCUT2D eigenvalue weighted by Crippen LogP contribution is 2.19. The van der Waals surface area contributed by atoms with Crippen molar-refractivity contribution < 1.29 is 14.9 Å². The molecule has 0 fully saturated rings. The lowest BCUT2D eigenvalue weighted by atomic mass is 10.1. The summed E-state index contributed by atoms with van der Waals surface area (Å²) >= 11 is 0. The van der Waals surface area contributed by atoms with Gasteiger partial charge >= 0.3 is 0 Å². The van der Waals surface area contributed by atoms with E-state index in [1.54, 1.807) is 13.2 Å². The molecule has 0 aliphatic rings. The molecule has 3 heteroatoms. The minimum Gasteiger partial charge on any atom is -0.508 e. The van der Waals surface area contributed by atoms with Crippen molar-refractivity contribution >= 4 is 0 Å². The van der Waals surface area contributed by atoms with Crippen LogP contribution in [0.2, 0.25) is 0 Å². The van der Waals surface area contributed by atoms with Crippen molar-refractivity contribution in [3.8, 4) is 5.75 Å². The third kappa shape index (κ3) is 3.01. The summed E-state index contributed by atoms with van der Waals surface area (Å²) in [5.41, 5.74) is 1.70. The maximum Gasteiger partial charge on any atom is 0.121 e. The molecular formula is C11H16O3. The van der Waals surface area contributed by atoms with Gasteiger partial charge in [-0.1, -0.05) is 6.07 Å². The number of rotatable bonds is 5. The molecule has 14 heavy (non-hydrogen) atoms. The van der Waals surface area contributed by atoms with E-state index in [-0.39, 0.29) is 12.4 Å². The third-order valence-corrected chi connectivity index (χ3v) is 2.13. The van der Waals surface area contributed by atoms with Crippen LogP contribution < -0.4 is 0 Å². The predicted molar refractivity (Wildman–Crippen MR) is 54.2 cm³/mol. The highest BCUT2D eigenvalue weighted by molar-refractivity contribution is 5.35. The van der Waals surface area contributed by atoms with E-state index in [1.165, 1.54) is 0 Å². The molecule has 0 spiro atoms. The van der Waals surface area contributed by atoms with Crippen LogP contribution in [0, 0.1) is 0 Å². The Morgan fingerprint density at radius 3 is 2.79 bits per heavy atom. The summed E-state index contributed by atoms with van der Waals surface area (Å²) in [5, 5.41) is 18.3. The molecule has 0 aromatic heterocycles. The van der Waals surface area contributed by atoms with Gasteiger partial charge in [0, 0.05) is 19.3 Å². The Morgan fingerprint density at radius 2 is 2.14 bits per heavy atom. The smallest absolute Gasteiger partial charge is 0.121 e. The molecule has 0 saturated carbocycles. The normalized spacial score (nSPS) is 10.4. The van der Waals surface area contributed by atoms with Crippen LogP contribution in [0.5, 0.6) is 5.75 Å². The fourth-order valence-corrected chi connectivity index (χ4v) is 1.34. The van der Waals surface area contributed by atoms with Crippen molar-refractivity contribution in [3.63, 3.8) is 0 Å². The number of phenols is 1. The molecule has 3 nitrogen and oxygen atoms in total. The van der Waals surface area contributed by atoms with Crippen LogP contribution in [0.25, 0.3) is 0 Å². The van der Waals surface area contributed by atoms with Crippen LogP contribution in [0.1, 0.15) is 17.5 Å². The fraction of sp³-hybridized carbons (Fsp3) is 0.455. The predicted octanol–water partition coefficient (Wildman–Crippen LogP) is 1.46. The number of hydrogen-bond acceptors (Lipinski definition) is 3. The maximum absolute atomic E-state index is 9.32. The lowest BCUT2D eigenvalue weighted by Gasteiger charge is -2.05. The molecule has 0 saturated heterocycles. The zero-order valence-electron chi connectivity index (χ0n) is 8.36. The van der Waals surface area contributed by atoms with Crippen molar-refractivity contribution in [2.75, 3.05) is 13.7 Å². The van der Waals surface area contributed by atoms with Gasteiger partial charge in [0.2, 0.25) is 0 Å². The topological polar surface area (TPSA) is 49.7 Å². The van der Waals surface area contributed by atoms with Crippen LogP contribution in [0.15, 0.2) is 18.2 Å². The van der Waals surface area contributed by atoms with Crippen molar-refractivity contribution in [1.29, 1.82) is 0 Å². The first-order valence-corrected chi connectivity index (χ1v) is 4.68. The van der Waals surface area contributed by atoms with Crippen LogP contribution in [-0.4, -0.2) is 23.9 Å². The molecule has 0 atom stereocenters. The number of aromatic hydroxyl groups is 1. The number of aryl methyl sites for hydroxylation is 1. The summed E-state index contributed by atoms with van der Waals surface area (Å²) < 4.78 is 4.95. The van der Waals surface area contributed by atoms with Gasteiger partial charge in [-0.2, -0.15) is 0 Å². The van der Waals surface area contributed by atoms with Crippen molar-refractivity contribution in [1.82, 2.24) is 0 Å². The number of hydrogen-bond donors (Lipinski definition) is 2. The van der Waals surface area contributed by atoms with E-state index in [0.29, 0.717) is 5.56 Å². The molecule has 0 amide bonds. The van der Waals surface area contributed by atoms with E-state index in [2.05, 4.69) is 0 Å². The van der Waals surface area contributed by atoms with Gasteiger partial charge in [0.1, 0.15) is 5.75 Å². The molecule has 1 aromatic rings. The molecule has 0 radical (unpaired) electrons. The number of aliphatic hydroxyl groups excluding tert-OH is 1. The first-order valence-electron chi connectivity index (χ1n) is 4.68. The average molecular weight is 196 g/mol. The number of ether oxygens (including phenoxy) is 1. The van der Waals surface area contributed by atoms with Crippen LogP contribution in [-0.2, 0) is 17.8 Å². The second kappa shape index (κ2) is 5.62. The van der Waals surface area contributed by atoms with Gasteiger partial charge in [0.05, 0.1) is 6.61 Å². The Hall–Kier alpha value is -1.06. The SMILES string of the molecule is COCCCc1ccc(O)c(CO)c1. The summed E-state index contributed by atoms with van der Waals surface area (Å²) in [6, 6.07) is 5.31. The van der Waals surface area contributed by atoms with Crippen LogP contribution in [0.3, 0.4) is 0 Å². The molecule has 0 bridgehead atoms. The molecule has 0 heterocycles. The lowest BCUT2D eigenvalue weighted by Crippen LogP contribution is -1.94. The molecule has 2 N–H and O–H groups in total. The Balaban J connectivity index is 2.60. The van der Waals surface area contributed by atoms with Gasteiger partial charge in [0.15, 0.2) is 0 Å². The van der Waals surface area contributed by atoms with E-state index in [0.717, 1.165) is 25.0 Å². The van der Waals surface area contributed by atoms with E-state index < -0.39 is 0 Å². The minimum absolute atomic E-state index is 0.121. The minimum atomic E-state index is -0.121. The largest absolute Gasteiger partial charge is 0.508 e. The number of benzene rings is 1. The summed E-state index contributed by atoms with van der Waals surface area (Å²) in [6.07, 6.45) is 1.85.